The Morgan fingerprint density at radius 2 is 1.30 bits per heavy atom. The number of hydrogen-bond donors (Lipinski definition) is 0. The van der Waals surface area contributed by atoms with E-state index in [1.165, 1.54) is 12.1 Å². The highest BCUT2D eigenvalue weighted by Crippen LogP contribution is 2.29. The molecule has 0 heterocycles. The number of alkyl halides is 3. The molecule has 0 fully saturated rings. The maximum Gasteiger partial charge on any atom is 0.416 e. The maximum absolute atomic E-state index is 12.5. The van der Waals surface area contributed by atoms with Crippen LogP contribution in [0.25, 0.3) is 0 Å². The third-order valence-corrected chi connectivity index (χ3v) is 3.73. The SMILES string of the molecule is CCN(CC)c1ccc(C(=O)c2ccc(C(F)(F)F)cc2)cc1. The monoisotopic (exact) mass is 321 g/mol. The summed E-state index contributed by atoms with van der Waals surface area (Å²) in [6, 6.07) is 11.4. The van der Waals surface area contributed by atoms with Gasteiger partial charge in [-0.1, -0.05) is 12.1 Å². The van der Waals surface area contributed by atoms with Gasteiger partial charge >= 0.3 is 6.18 Å². The molecule has 0 saturated carbocycles. The third-order valence-electron chi connectivity index (χ3n) is 3.73. The van der Waals surface area contributed by atoms with Gasteiger partial charge in [-0.3, -0.25) is 4.79 Å². The lowest BCUT2D eigenvalue weighted by molar-refractivity contribution is -0.137. The molecule has 0 atom stereocenters. The molecule has 23 heavy (non-hydrogen) atoms. The zero-order valence-corrected chi connectivity index (χ0v) is 13.0. The van der Waals surface area contributed by atoms with E-state index in [1.54, 1.807) is 12.1 Å². The first-order chi connectivity index (χ1) is 10.9. The predicted octanol–water partition coefficient (Wildman–Crippen LogP) is 4.78. The number of anilines is 1. The molecule has 0 spiro atoms. The third kappa shape index (κ3) is 3.92. The Hall–Kier alpha value is -2.30. The fraction of sp³-hybridized carbons (Fsp3) is 0.278. The van der Waals surface area contributed by atoms with Crippen LogP contribution in [0, 0.1) is 0 Å². The van der Waals surface area contributed by atoms with Crippen LogP contribution in [0.15, 0.2) is 48.5 Å². The van der Waals surface area contributed by atoms with Crippen LogP contribution in [0.3, 0.4) is 0 Å². The average molecular weight is 321 g/mol. The summed E-state index contributed by atoms with van der Waals surface area (Å²) in [5, 5.41) is 0. The van der Waals surface area contributed by atoms with Gasteiger partial charge in [-0.15, -0.1) is 0 Å². The summed E-state index contributed by atoms with van der Waals surface area (Å²) in [5.74, 6) is -0.287. The predicted molar refractivity (Wildman–Crippen MR) is 84.9 cm³/mol. The first-order valence-electron chi connectivity index (χ1n) is 7.43. The van der Waals surface area contributed by atoms with Gasteiger partial charge in [-0.2, -0.15) is 13.2 Å². The van der Waals surface area contributed by atoms with Crippen LogP contribution in [-0.2, 0) is 6.18 Å². The summed E-state index contributed by atoms with van der Waals surface area (Å²) in [6.45, 7) is 5.82. The molecule has 5 heteroatoms. The number of benzene rings is 2. The quantitative estimate of drug-likeness (QED) is 0.739. The second-order valence-electron chi connectivity index (χ2n) is 5.12. The zero-order valence-electron chi connectivity index (χ0n) is 13.0. The number of halogens is 3. The van der Waals surface area contributed by atoms with E-state index in [2.05, 4.69) is 4.90 Å². The summed E-state index contributed by atoms with van der Waals surface area (Å²) >= 11 is 0. The molecule has 2 nitrogen and oxygen atoms in total. The maximum atomic E-state index is 12.5. The highest BCUT2D eigenvalue weighted by Gasteiger charge is 2.30. The Bertz CT molecular complexity index is 656. The molecule has 2 aromatic carbocycles. The van der Waals surface area contributed by atoms with Crippen molar-refractivity contribution in [1.29, 1.82) is 0 Å². The van der Waals surface area contributed by atoms with E-state index in [0.717, 1.165) is 30.9 Å². The minimum absolute atomic E-state index is 0.244. The number of hydrogen-bond acceptors (Lipinski definition) is 2. The minimum Gasteiger partial charge on any atom is -0.372 e. The molecule has 0 N–H and O–H groups in total. The fourth-order valence-corrected chi connectivity index (χ4v) is 2.39. The minimum atomic E-state index is -4.40. The number of carbonyl (C=O) groups excluding carboxylic acids is 1. The van der Waals surface area contributed by atoms with Gasteiger partial charge in [0.1, 0.15) is 0 Å². The van der Waals surface area contributed by atoms with Gasteiger partial charge in [-0.05, 0) is 50.2 Å². The lowest BCUT2D eigenvalue weighted by atomic mass is 10.0. The van der Waals surface area contributed by atoms with E-state index in [-0.39, 0.29) is 11.3 Å². The highest BCUT2D eigenvalue weighted by molar-refractivity contribution is 6.09. The number of rotatable bonds is 5. The van der Waals surface area contributed by atoms with Crippen LogP contribution in [0.5, 0.6) is 0 Å². The van der Waals surface area contributed by atoms with Crippen LogP contribution in [0.2, 0.25) is 0 Å². The van der Waals surface area contributed by atoms with Gasteiger partial charge in [0, 0.05) is 29.9 Å². The van der Waals surface area contributed by atoms with E-state index in [0.29, 0.717) is 5.56 Å². The molecule has 0 bridgehead atoms. The van der Waals surface area contributed by atoms with E-state index in [4.69, 9.17) is 0 Å². The number of nitrogens with zero attached hydrogens (tertiary/aromatic N) is 1. The van der Waals surface area contributed by atoms with E-state index in [1.807, 2.05) is 26.0 Å². The topological polar surface area (TPSA) is 20.3 Å². The molecule has 2 rings (SSSR count). The Morgan fingerprint density at radius 1 is 0.870 bits per heavy atom. The van der Waals surface area contributed by atoms with Crippen molar-refractivity contribution in [2.45, 2.75) is 20.0 Å². The van der Waals surface area contributed by atoms with Crippen molar-refractivity contribution in [2.75, 3.05) is 18.0 Å². The second kappa shape index (κ2) is 6.86. The summed E-state index contributed by atoms with van der Waals surface area (Å²) in [7, 11) is 0. The van der Waals surface area contributed by atoms with Gasteiger partial charge in [0.15, 0.2) is 5.78 Å². The molecule has 2 aromatic rings. The molecule has 122 valence electrons. The van der Waals surface area contributed by atoms with Gasteiger partial charge in [-0.25, -0.2) is 0 Å². The highest BCUT2D eigenvalue weighted by atomic mass is 19.4. The van der Waals surface area contributed by atoms with E-state index in [9.17, 15) is 18.0 Å². The molecule has 0 aliphatic rings. The number of ketones is 1. The summed E-state index contributed by atoms with van der Waals surface area (Å²) in [6.07, 6.45) is -4.40. The molecule has 0 unspecified atom stereocenters. The van der Waals surface area contributed by atoms with Crippen LogP contribution in [0.1, 0.15) is 35.3 Å². The molecular formula is C18H18F3NO. The van der Waals surface area contributed by atoms with Crippen molar-refractivity contribution in [2.24, 2.45) is 0 Å². The number of carbonyl (C=O) groups is 1. The molecule has 0 amide bonds. The molecule has 0 aliphatic carbocycles. The fourth-order valence-electron chi connectivity index (χ4n) is 2.39. The lowest BCUT2D eigenvalue weighted by Crippen LogP contribution is -2.21. The van der Waals surface area contributed by atoms with Crippen LogP contribution < -0.4 is 4.90 Å². The summed E-state index contributed by atoms with van der Waals surface area (Å²) in [4.78, 5) is 14.5. The molecular weight excluding hydrogens is 303 g/mol. The normalized spacial score (nSPS) is 11.3. The molecule has 0 saturated heterocycles. The first kappa shape index (κ1) is 17.1. The van der Waals surface area contributed by atoms with Gasteiger partial charge in [0.05, 0.1) is 5.56 Å². The first-order valence-corrected chi connectivity index (χ1v) is 7.43. The van der Waals surface area contributed by atoms with Crippen LogP contribution in [0.4, 0.5) is 18.9 Å². The Kier molecular flexibility index (Phi) is 5.08. The van der Waals surface area contributed by atoms with E-state index < -0.39 is 11.7 Å². The van der Waals surface area contributed by atoms with Gasteiger partial charge in [0.25, 0.3) is 0 Å². The molecule has 0 radical (unpaired) electrons. The Morgan fingerprint density at radius 3 is 1.70 bits per heavy atom. The largest absolute Gasteiger partial charge is 0.416 e. The van der Waals surface area contributed by atoms with Crippen molar-refractivity contribution in [1.82, 2.24) is 0 Å². The average Bonchev–Trinajstić information content (AvgIpc) is 2.55. The Labute approximate surface area is 133 Å². The van der Waals surface area contributed by atoms with Crippen molar-refractivity contribution in [3.63, 3.8) is 0 Å². The van der Waals surface area contributed by atoms with Crippen molar-refractivity contribution >= 4 is 11.5 Å². The smallest absolute Gasteiger partial charge is 0.372 e. The molecule has 0 aliphatic heterocycles. The van der Waals surface area contributed by atoms with Crippen LogP contribution in [-0.4, -0.2) is 18.9 Å². The van der Waals surface area contributed by atoms with Crippen molar-refractivity contribution in [3.8, 4) is 0 Å². The van der Waals surface area contributed by atoms with Crippen molar-refractivity contribution in [3.05, 3.63) is 65.2 Å². The summed E-state index contributed by atoms with van der Waals surface area (Å²) < 4.78 is 37.6. The lowest BCUT2D eigenvalue weighted by Gasteiger charge is -2.21. The van der Waals surface area contributed by atoms with Crippen LogP contribution >= 0.6 is 0 Å². The molecule has 0 aromatic heterocycles. The standard InChI is InChI=1S/C18H18F3NO/c1-3-22(4-2)16-11-7-14(8-12-16)17(23)13-5-9-15(10-6-13)18(19,20)21/h5-12H,3-4H2,1-2H3. The van der Waals surface area contributed by atoms with Gasteiger partial charge < -0.3 is 4.90 Å². The second-order valence-corrected chi connectivity index (χ2v) is 5.12. The van der Waals surface area contributed by atoms with Gasteiger partial charge in [0.2, 0.25) is 0 Å². The Balaban J connectivity index is 2.20. The van der Waals surface area contributed by atoms with E-state index >= 15 is 0 Å². The van der Waals surface area contributed by atoms with Crippen molar-refractivity contribution < 1.29 is 18.0 Å². The summed E-state index contributed by atoms with van der Waals surface area (Å²) in [5.41, 5.74) is 0.958. The zero-order chi connectivity index (χ0) is 17.0.